The zero-order chi connectivity index (χ0) is 19.9. The summed E-state index contributed by atoms with van der Waals surface area (Å²) in [7, 11) is 1.62. The Balaban J connectivity index is 1.62. The average molecular weight is 383 g/mol. The van der Waals surface area contributed by atoms with Crippen molar-refractivity contribution < 1.29 is 18.3 Å². The van der Waals surface area contributed by atoms with E-state index in [0.29, 0.717) is 12.2 Å². The minimum atomic E-state index is -0.839. The van der Waals surface area contributed by atoms with Gasteiger partial charge in [-0.05, 0) is 42.3 Å². The van der Waals surface area contributed by atoms with Crippen molar-refractivity contribution in [2.75, 3.05) is 24.3 Å². The van der Waals surface area contributed by atoms with Gasteiger partial charge in [0, 0.05) is 18.9 Å². The van der Waals surface area contributed by atoms with Crippen molar-refractivity contribution in [2.24, 2.45) is 0 Å². The standard InChI is InChI=1S/C21H19F2N3O2/c1-28-17-5-2-4-14(10-17)8-9-25-16-11-15(12-24-13-16)21(27)26-20-18(22)6-3-7-19(20)23/h2-7,10-13,25H,8-9H2,1H3,(H,26,27). The normalized spacial score (nSPS) is 10.4. The van der Waals surface area contributed by atoms with Crippen molar-refractivity contribution >= 4 is 17.3 Å². The van der Waals surface area contributed by atoms with E-state index in [9.17, 15) is 13.6 Å². The molecule has 3 rings (SSSR count). The summed E-state index contributed by atoms with van der Waals surface area (Å²) in [6.45, 7) is 0.613. The number of anilines is 2. The second-order valence-corrected chi connectivity index (χ2v) is 6.04. The molecule has 0 aliphatic carbocycles. The number of amides is 1. The quantitative estimate of drug-likeness (QED) is 0.639. The summed E-state index contributed by atoms with van der Waals surface area (Å²) in [5, 5.41) is 5.43. The molecule has 1 heterocycles. The summed E-state index contributed by atoms with van der Waals surface area (Å²) >= 11 is 0. The molecule has 1 amide bonds. The van der Waals surface area contributed by atoms with Crippen LogP contribution in [0.25, 0.3) is 0 Å². The number of pyridine rings is 1. The molecule has 3 aromatic rings. The molecule has 0 aliphatic heterocycles. The van der Waals surface area contributed by atoms with Crippen LogP contribution in [0.3, 0.4) is 0 Å². The summed E-state index contributed by atoms with van der Waals surface area (Å²) < 4.78 is 32.6. The van der Waals surface area contributed by atoms with E-state index in [1.807, 2.05) is 24.3 Å². The number of nitrogens with zero attached hydrogens (tertiary/aromatic N) is 1. The van der Waals surface area contributed by atoms with Gasteiger partial charge in [-0.3, -0.25) is 9.78 Å². The zero-order valence-electron chi connectivity index (χ0n) is 15.2. The number of benzene rings is 2. The lowest BCUT2D eigenvalue weighted by Crippen LogP contribution is -2.15. The molecule has 0 saturated carbocycles. The van der Waals surface area contributed by atoms with Crippen molar-refractivity contribution in [1.82, 2.24) is 4.98 Å². The number of nitrogens with one attached hydrogen (secondary N) is 2. The van der Waals surface area contributed by atoms with Gasteiger partial charge < -0.3 is 15.4 Å². The van der Waals surface area contributed by atoms with Crippen molar-refractivity contribution in [3.8, 4) is 5.75 Å². The Morgan fingerprint density at radius 2 is 1.82 bits per heavy atom. The largest absolute Gasteiger partial charge is 0.497 e. The monoisotopic (exact) mass is 383 g/mol. The lowest BCUT2D eigenvalue weighted by atomic mass is 10.1. The van der Waals surface area contributed by atoms with Crippen LogP contribution >= 0.6 is 0 Å². The third-order valence-electron chi connectivity index (χ3n) is 4.08. The molecule has 28 heavy (non-hydrogen) atoms. The number of carbonyl (C=O) groups is 1. The molecular weight excluding hydrogens is 364 g/mol. The Bertz CT molecular complexity index is 959. The first kappa shape index (κ1) is 19.3. The second-order valence-electron chi connectivity index (χ2n) is 6.04. The van der Waals surface area contributed by atoms with E-state index in [1.54, 1.807) is 19.4 Å². The molecule has 7 heteroatoms. The van der Waals surface area contributed by atoms with Crippen molar-refractivity contribution in [1.29, 1.82) is 0 Å². The Kier molecular flexibility index (Phi) is 6.16. The second kappa shape index (κ2) is 8.94. The van der Waals surface area contributed by atoms with Gasteiger partial charge in [-0.25, -0.2) is 8.78 Å². The molecular formula is C21H19F2N3O2. The van der Waals surface area contributed by atoms with Gasteiger partial charge >= 0.3 is 0 Å². The number of hydrogen-bond donors (Lipinski definition) is 2. The molecule has 0 fully saturated rings. The number of halogens is 2. The fraction of sp³-hybridized carbons (Fsp3) is 0.143. The third kappa shape index (κ3) is 4.82. The van der Waals surface area contributed by atoms with Crippen molar-refractivity contribution in [3.63, 3.8) is 0 Å². The van der Waals surface area contributed by atoms with Gasteiger partial charge in [0.05, 0.1) is 18.4 Å². The number of methoxy groups -OCH3 is 1. The maximum Gasteiger partial charge on any atom is 0.257 e. The predicted octanol–water partition coefficient (Wildman–Crippen LogP) is 4.28. The SMILES string of the molecule is COc1cccc(CCNc2cncc(C(=O)Nc3c(F)cccc3F)c2)c1. The molecule has 2 aromatic carbocycles. The van der Waals surface area contributed by atoms with Gasteiger partial charge in [-0.2, -0.15) is 0 Å². The number of aromatic nitrogens is 1. The number of rotatable bonds is 7. The van der Waals surface area contributed by atoms with E-state index in [0.717, 1.165) is 29.9 Å². The fourth-order valence-corrected chi connectivity index (χ4v) is 2.64. The van der Waals surface area contributed by atoms with Crippen LogP contribution in [0.1, 0.15) is 15.9 Å². The van der Waals surface area contributed by atoms with Crippen LogP contribution < -0.4 is 15.4 Å². The number of ether oxygens (including phenoxy) is 1. The molecule has 0 unspecified atom stereocenters. The number of hydrogen-bond acceptors (Lipinski definition) is 4. The highest BCUT2D eigenvalue weighted by Gasteiger charge is 2.14. The number of carbonyl (C=O) groups excluding carboxylic acids is 1. The van der Waals surface area contributed by atoms with Crippen molar-refractivity contribution in [3.05, 3.63) is 83.7 Å². The van der Waals surface area contributed by atoms with E-state index < -0.39 is 23.2 Å². The van der Waals surface area contributed by atoms with Crippen LogP contribution in [0, 0.1) is 11.6 Å². The molecule has 144 valence electrons. The zero-order valence-corrected chi connectivity index (χ0v) is 15.2. The van der Waals surface area contributed by atoms with Crippen LogP contribution in [-0.4, -0.2) is 24.5 Å². The maximum atomic E-state index is 13.7. The molecule has 5 nitrogen and oxygen atoms in total. The number of para-hydroxylation sites is 1. The first-order valence-corrected chi connectivity index (χ1v) is 8.64. The van der Waals surface area contributed by atoms with Gasteiger partial charge in [0.25, 0.3) is 5.91 Å². The van der Waals surface area contributed by atoms with Gasteiger partial charge in [0.15, 0.2) is 0 Å². The summed E-state index contributed by atoms with van der Waals surface area (Å²) in [4.78, 5) is 16.3. The molecule has 0 saturated heterocycles. The summed E-state index contributed by atoms with van der Waals surface area (Å²) in [6, 6.07) is 12.7. The van der Waals surface area contributed by atoms with Crippen LogP contribution in [0.5, 0.6) is 5.75 Å². The Morgan fingerprint density at radius 3 is 2.57 bits per heavy atom. The molecule has 0 atom stereocenters. The summed E-state index contributed by atoms with van der Waals surface area (Å²) in [6.07, 6.45) is 3.65. The topological polar surface area (TPSA) is 63.2 Å². The highest BCUT2D eigenvalue weighted by Crippen LogP contribution is 2.19. The van der Waals surface area contributed by atoms with E-state index in [2.05, 4.69) is 15.6 Å². The van der Waals surface area contributed by atoms with E-state index in [1.165, 1.54) is 12.3 Å². The van der Waals surface area contributed by atoms with Gasteiger partial charge in [0.1, 0.15) is 23.1 Å². The maximum absolute atomic E-state index is 13.7. The first-order chi connectivity index (χ1) is 13.6. The van der Waals surface area contributed by atoms with Crippen LogP contribution in [-0.2, 0) is 6.42 Å². The Morgan fingerprint density at radius 1 is 1.07 bits per heavy atom. The van der Waals surface area contributed by atoms with E-state index in [-0.39, 0.29) is 5.56 Å². The molecule has 0 spiro atoms. The van der Waals surface area contributed by atoms with Crippen LogP contribution in [0.15, 0.2) is 60.9 Å². The van der Waals surface area contributed by atoms with Crippen LogP contribution in [0.4, 0.5) is 20.2 Å². The highest BCUT2D eigenvalue weighted by molar-refractivity contribution is 6.04. The first-order valence-electron chi connectivity index (χ1n) is 8.64. The van der Waals surface area contributed by atoms with Gasteiger partial charge in [-0.15, -0.1) is 0 Å². The molecule has 0 aliphatic rings. The van der Waals surface area contributed by atoms with Crippen molar-refractivity contribution in [2.45, 2.75) is 6.42 Å². The highest BCUT2D eigenvalue weighted by atomic mass is 19.1. The summed E-state index contributed by atoms with van der Waals surface area (Å²) in [5.41, 5.74) is 1.44. The molecule has 2 N–H and O–H groups in total. The lowest BCUT2D eigenvalue weighted by molar-refractivity contribution is 0.102. The Hall–Kier alpha value is -3.48. The van der Waals surface area contributed by atoms with Gasteiger partial charge in [0.2, 0.25) is 0 Å². The lowest BCUT2D eigenvalue weighted by Gasteiger charge is -2.10. The predicted molar refractivity (Wildman–Crippen MR) is 104 cm³/mol. The minimum absolute atomic E-state index is 0.189. The average Bonchev–Trinajstić information content (AvgIpc) is 2.71. The summed E-state index contributed by atoms with van der Waals surface area (Å²) in [5.74, 6) is -1.53. The molecule has 1 aromatic heterocycles. The van der Waals surface area contributed by atoms with Gasteiger partial charge in [-0.1, -0.05) is 18.2 Å². The minimum Gasteiger partial charge on any atom is -0.497 e. The van der Waals surface area contributed by atoms with Crippen LogP contribution in [0.2, 0.25) is 0 Å². The fourth-order valence-electron chi connectivity index (χ4n) is 2.64. The van der Waals surface area contributed by atoms with E-state index >= 15 is 0 Å². The van der Waals surface area contributed by atoms with E-state index in [4.69, 9.17) is 4.74 Å². The Labute approximate surface area is 161 Å². The molecule has 0 radical (unpaired) electrons. The molecule has 0 bridgehead atoms. The third-order valence-corrected chi connectivity index (χ3v) is 4.08. The smallest absolute Gasteiger partial charge is 0.257 e.